The van der Waals surface area contributed by atoms with Crippen LogP contribution >= 0.6 is 0 Å². The maximum Gasteiger partial charge on any atom is 0.261 e. The number of aromatic nitrogens is 4. The van der Waals surface area contributed by atoms with Gasteiger partial charge in [-0.15, -0.1) is 0 Å². The molecule has 3 aromatic heterocycles. The molecule has 1 aliphatic rings. The van der Waals surface area contributed by atoms with Gasteiger partial charge < -0.3 is 0 Å². The van der Waals surface area contributed by atoms with Crippen molar-refractivity contribution in [2.24, 2.45) is 5.92 Å². The first kappa shape index (κ1) is 19.4. The summed E-state index contributed by atoms with van der Waals surface area (Å²) in [5.41, 5.74) is 0.771. The van der Waals surface area contributed by atoms with Crippen LogP contribution in [0.2, 0.25) is 0 Å². The molecule has 1 unspecified atom stereocenters. The van der Waals surface area contributed by atoms with Gasteiger partial charge in [0.05, 0.1) is 42.1 Å². The van der Waals surface area contributed by atoms with Crippen molar-refractivity contribution in [2.45, 2.75) is 51.0 Å². The van der Waals surface area contributed by atoms with Crippen LogP contribution in [-0.2, 0) is 11.2 Å². The molecule has 1 aliphatic carbocycles. The SMILES string of the molecule is O=C(Cc1ccc(F)cn1)C(CC1CCCCC1)n1cnc2cnccc2c1=O. The van der Waals surface area contributed by atoms with E-state index in [1.807, 2.05) is 0 Å². The number of carbonyl (C=O) groups excluding carboxylic acids is 1. The van der Waals surface area contributed by atoms with Crippen molar-refractivity contribution in [3.8, 4) is 0 Å². The number of Topliss-reactive ketones (excluding diaryl/α,β-unsaturated/α-hetero) is 1. The van der Waals surface area contributed by atoms with Gasteiger partial charge in [-0.05, 0) is 30.5 Å². The quantitative estimate of drug-likeness (QED) is 0.638. The van der Waals surface area contributed by atoms with E-state index >= 15 is 0 Å². The lowest BCUT2D eigenvalue weighted by Crippen LogP contribution is -2.33. The Morgan fingerprint density at radius 3 is 2.72 bits per heavy atom. The van der Waals surface area contributed by atoms with Crippen molar-refractivity contribution in [1.82, 2.24) is 19.5 Å². The molecule has 0 radical (unpaired) electrons. The van der Waals surface area contributed by atoms with Crippen LogP contribution in [0.1, 0.15) is 50.3 Å². The monoisotopic (exact) mass is 394 g/mol. The molecule has 1 saturated carbocycles. The number of pyridine rings is 2. The molecule has 1 atom stereocenters. The average molecular weight is 394 g/mol. The third-order valence-electron chi connectivity index (χ3n) is 5.72. The molecule has 0 saturated heterocycles. The third-order valence-corrected chi connectivity index (χ3v) is 5.72. The van der Waals surface area contributed by atoms with Gasteiger partial charge in [-0.2, -0.15) is 0 Å². The number of rotatable bonds is 6. The lowest BCUT2D eigenvalue weighted by Gasteiger charge is -2.27. The highest BCUT2D eigenvalue weighted by Crippen LogP contribution is 2.31. The minimum absolute atomic E-state index is 0.0541. The highest BCUT2D eigenvalue weighted by Gasteiger charge is 2.27. The summed E-state index contributed by atoms with van der Waals surface area (Å²) in [6, 6.07) is 3.83. The fourth-order valence-electron chi connectivity index (χ4n) is 4.15. The van der Waals surface area contributed by atoms with Crippen molar-refractivity contribution in [3.63, 3.8) is 0 Å². The van der Waals surface area contributed by atoms with E-state index in [2.05, 4.69) is 15.0 Å². The Bertz CT molecular complexity index is 1060. The molecule has 150 valence electrons. The molecule has 3 aromatic rings. The number of halogens is 1. The van der Waals surface area contributed by atoms with E-state index in [9.17, 15) is 14.0 Å². The first-order valence-corrected chi connectivity index (χ1v) is 10.1. The number of fused-ring (bicyclic) bond motifs is 1. The Kier molecular flexibility index (Phi) is 5.74. The van der Waals surface area contributed by atoms with Gasteiger partial charge in [-0.1, -0.05) is 32.1 Å². The van der Waals surface area contributed by atoms with Gasteiger partial charge in [-0.3, -0.25) is 24.1 Å². The van der Waals surface area contributed by atoms with Crippen molar-refractivity contribution < 1.29 is 9.18 Å². The number of hydrogen-bond acceptors (Lipinski definition) is 5. The summed E-state index contributed by atoms with van der Waals surface area (Å²) in [7, 11) is 0. The second kappa shape index (κ2) is 8.59. The largest absolute Gasteiger partial charge is 0.297 e. The molecule has 0 spiro atoms. The van der Waals surface area contributed by atoms with Crippen molar-refractivity contribution in [3.05, 3.63) is 65.0 Å². The van der Waals surface area contributed by atoms with Gasteiger partial charge in [0.25, 0.3) is 5.56 Å². The van der Waals surface area contributed by atoms with E-state index in [1.54, 1.807) is 18.5 Å². The lowest BCUT2D eigenvalue weighted by molar-refractivity contribution is -0.122. The van der Waals surface area contributed by atoms with E-state index in [-0.39, 0.29) is 17.8 Å². The summed E-state index contributed by atoms with van der Waals surface area (Å²) in [6.45, 7) is 0. The third kappa shape index (κ3) is 4.39. The molecule has 1 fully saturated rings. The fourth-order valence-corrected chi connectivity index (χ4v) is 4.15. The van der Waals surface area contributed by atoms with Gasteiger partial charge in [0.1, 0.15) is 5.82 Å². The first-order valence-electron chi connectivity index (χ1n) is 10.1. The van der Waals surface area contributed by atoms with E-state index < -0.39 is 11.9 Å². The number of carbonyl (C=O) groups is 1. The zero-order valence-electron chi connectivity index (χ0n) is 16.1. The highest BCUT2D eigenvalue weighted by molar-refractivity contribution is 5.85. The van der Waals surface area contributed by atoms with Crippen LogP contribution in [-0.4, -0.2) is 25.3 Å². The second-order valence-corrected chi connectivity index (χ2v) is 7.72. The maximum atomic E-state index is 13.2. The molecule has 0 N–H and O–H groups in total. The molecule has 0 aromatic carbocycles. The molecule has 7 heteroatoms. The van der Waals surface area contributed by atoms with Crippen LogP contribution in [0.25, 0.3) is 10.9 Å². The van der Waals surface area contributed by atoms with Crippen molar-refractivity contribution >= 4 is 16.7 Å². The molecule has 6 nitrogen and oxygen atoms in total. The summed E-state index contributed by atoms with van der Waals surface area (Å²) in [4.78, 5) is 38.7. The summed E-state index contributed by atoms with van der Waals surface area (Å²) in [5, 5.41) is 0.448. The summed E-state index contributed by atoms with van der Waals surface area (Å²) >= 11 is 0. The molecule has 4 rings (SSSR count). The minimum Gasteiger partial charge on any atom is -0.297 e. The van der Waals surface area contributed by atoms with Gasteiger partial charge in [0.2, 0.25) is 0 Å². The Hall–Kier alpha value is -2.96. The predicted molar refractivity (Wildman–Crippen MR) is 107 cm³/mol. The Morgan fingerprint density at radius 2 is 1.97 bits per heavy atom. The zero-order valence-corrected chi connectivity index (χ0v) is 16.1. The summed E-state index contributed by atoms with van der Waals surface area (Å²) in [6.07, 6.45) is 12.0. The minimum atomic E-state index is -0.609. The van der Waals surface area contributed by atoms with Crippen LogP contribution in [0, 0.1) is 11.7 Å². The average Bonchev–Trinajstić information content (AvgIpc) is 2.75. The smallest absolute Gasteiger partial charge is 0.261 e. The molecule has 29 heavy (non-hydrogen) atoms. The highest BCUT2D eigenvalue weighted by atomic mass is 19.1. The Morgan fingerprint density at radius 1 is 1.14 bits per heavy atom. The van der Waals surface area contributed by atoms with Crippen molar-refractivity contribution in [1.29, 1.82) is 0 Å². The van der Waals surface area contributed by atoms with Gasteiger partial charge in [0, 0.05) is 11.9 Å². The van der Waals surface area contributed by atoms with Crippen LogP contribution in [0.4, 0.5) is 4.39 Å². The Labute approximate surface area is 167 Å². The molecular formula is C22H23FN4O2. The first-order chi connectivity index (χ1) is 14.1. The second-order valence-electron chi connectivity index (χ2n) is 7.72. The van der Waals surface area contributed by atoms with E-state index in [4.69, 9.17) is 0 Å². The molecule has 3 heterocycles. The normalized spacial score (nSPS) is 16.0. The lowest BCUT2D eigenvalue weighted by atomic mass is 9.83. The van der Waals surface area contributed by atoms with Gasteiger partial charge in [-0.25, -0.2) is 9.37 Å². The van der Waals surface area contributed by atoms with Crippen molar-refractivity contribution in [2.75, 3.05) is 0 Å². The van der Waals surface area contributed by atoms with Crippen LogP contribution in [0.15, 0.2) is 47.9 Å². The molecule has 0 aliphatic heterocycles. The number of hydrogen-bond donors (Lipinski definition) is 0. The molecular weight excluding hydrogens is 371 g/mol. The fraction of sp³-hybridized carbons (Fsp3) is 0.409. The summed E-state index contributed by atoms with van der Waals surface area (Å²) < 4.78 is 14.6. The number of ketones is 1. The van der Waals surface area contributed by atoms with E-state index in [0.29, 0.717) is 28.9 Å². The van der Waals surface area contributed by atoms with Crippen LogP contribution < -0.4 is 5.56 Å². The number of nitrogens with zero attached hydrogens (tertiary/aromatic N) is 4. The topological polar surface area (TPSA) is 77.7 Å². The van der Waals surface area contributed by atoms with E-state index in [1.165, 1.54) is 29.4 Å². The van der Waals surface area contributed by atoms with E-state index in [0.717, 1.165) is 31.9 Å². The maximum absolute atomic E-state index is 13.2. The van der Waals surface area contributed by atoms with Gasteiger partial charge >= 0.3 is 0 Å². The standard InChI is InChI=1S/C22H23FN4O2/c23-16-6-7-17(25-12-16)11-21(28)20(10-15-4-2-1-3-5-15)27-14-26-19-13-24-9-8-18(19)22(27)29/h6-9,12-15,20H,1-5,10-11H2. The van der Waals surface area contributed by atoms with Crippen LogP contribution in [0.5, 0.6) is 0 Å². The summed E-state index contributed by atoms with van der Waals surface area (Å²) in [5.74, 6) is -0.144. The van der Waals surface area contributed by atoms with Gasteiger partial charge in [0.15, 0.2) is 5.78 Å². The molecule has 0 bridgehead atoms. The Balaban J connectivity index is 1.67. The predicted octanol–water partition coefficient (Wildman–Crippen LogP) is 3.65. The zero-order chi connectivity index (χ0) is 20.2. The molecule has 0 amide bonds. The van der Waals surface area contributed by atoms with Crippen LogP contribution in [0.3, 0.4) is 0 Å².